The number of hydrogen-bond acceptors (Lipinski definition) is 5. The lowest BCUT2D eigenvalue weighted by Gasteiger charge is -2.25. The quantitative estimate of drug-likeness (QED) is 0.575. The van der Waals surface area contributed by atoms with E-state index >= 15 is 0 Å². The fraction of sp³-hybridized carbons (Fsp3) is 0.278. The van der Waals surface area contributed by atoms with Crippen LogP contribution < -0.4 is 0 Å². The third kappa shape index (κ3) is 2.48. The van der Waals surface area contributed by atoms with Crippen molar-refractivity contribution in [3.63, 3.8) is 0 Å². The van der Waals surface area contributed by atoms with Gasteiger partial charge in [0.15, 0.2) is 11.5 Å². The smallest absolute Gasteiger partial charge is 0.182 e. The summed E-state index contributed by atoms with van der Waals surface area (Å²) in [4.78, 5) is 4.33. The molecule has 0 atom stereocenters. The second-order valence-corrected chi connectivity index (χ2v) is 6.49. The molecule has 0 aliphatic heterocycles. The lowest BCUT2D eigenvalue weighted by Crippen LogP contribution is -2.19. The fourth-order valence-corrected chi connectivity index (χ4v) is 3.33. The van der Waals surface area contributed by atoms with E-state index in [0.29, 0.717) is 5.92 Å². The Labute approximate surface area is 144 Å². The van der Waals surface area contributed by atoms with Gasteiger partial charge in [-0.3, -0.25) is 0 Å². The highest BCUT2D eigenvalue weighted by molar-refractivity contribution is 5.69. The zero-order valence-electron chi connectivity index (χ0n) is 13.7. The van der Waals surface area contributed by atoms with Crippen molar-refractivity contribution in [1.29, 1.82) is 0 Å². The average molecular weight is 331 g/mol. The highest BCUT2D eigenvalue weighted by atomic mass is 15.5. The predicted octanol–water partition coefficient (Wildman–Crippen LogP) is 2.85. The van der Waals surface area contributed by atoms with Crippen molar-refractivity contribution in [2.45, 2.75) is 25.8 Å². The Bertz CT molecular complexity index is 1030. The van der Waals surface area contributed by atoms with E-state index in [0.717, 1.165) is 34.8 Å². The van der Waals surface area contributed by atoms with Crippen molar-refractivity contribution < 1.29 is 0 Å². The Balaban J connectivity index is 1.55. The summed E-state index contributed by atoms with van der Waals surface area (Å²) < 4.78 is 3.77. The molecule has 0 N–H and O–H groups in total. The minimum atomic E-state index is 0.703. The van der Waals surface area contributed by atoms with Gasteiger partial charge in [-0.1, -0.05) is 24.6 Å². The number of rotatable bonds is 4. The molecule has 124 valence electrons. The van der Waals surface area contributed by atoms with Crippen LogP contribution in [0.25, 0.3) is 28.3 Å². The van der Waals surface area contributed by atoms with Crippen molar-refractivity contribution in [1.82, 2.24) is 34.8 Å². The van der Waals surface area contributed by atoms with E-state index in [1.165, 1.54) is 19.3 Å². The van der Waals surface area contributed by atoms with Crippen molar-refractivity contribution in [2.24, 2.45) is 5.92 Å². The van der Waals surface area contributed by atoms with Crippen LogP contribution in [0.5, 0.6) is 0 Å². The van der Waals surface area contributed by atoms with Gasteiger partial charge in [0, 0.05) is 29.9 Å². The largest absolute Gasteiger partial charge is 0.237 e. The SMILES string of the molecule is c1cc(-c2nnnn2CC2CCC2)cc(-c2ccnc3ccnn23)c1. The Morgan fingerprint density at radius 3 is 2.84 bits per heavy atom. The number of aromatic nitrogens is 7. The maximum Gasteiger partial charge on any atom is 0.182 e. The molecule has 7 nitrogen and oxygen atoms in total. The molecule has 3 aromatic heterocycles. The molecule has 0 saturated heterocycles. The molecule has 5 rings (SSSR count). The van der Waals surface area contributed by atoms with Crippen LogP contribution in [0.15, 0.2) is 48.8 Å². The number of benzene rings is 1. The molecule has 3 heterocycles. The number of hydrogen-bond donors (Lipinski definition) is 0. The van der Waals surface area contributed by atoms with Crippen molar-refractivity contribution >= 4 is 5.65 Å². The molecule has 7 heteroatoms. The Morgan fingerprint density at radius 2 is 1.96 bits per heavy atom. The summed E-state index contributed by atoms with van der Waals surface area (Å²) >= 11 is 0. The van der Waals surface area contributed by atoms with Gasteiger partial charge >= 0.3 is 0 Å². The normalized spacial score (nSPS) is 14.7. The van der Waals surface area contributed by atoms with Crippen LogP contribution in [0.4, 0.5) is 0 Å². The fourth-order valence-electron chi connectivity index (χ4n) is 3.33. The zero-order valence-corrected chi connectivity index (χ0v) is 13.7. The first-order valence-corrected chi connectivity index (χ1v) is 8.54. The first kappa shape index (κ1) is 14.3. The number of tetrazole rings is 1. The third-order valence-corrected chi connectivity index (χ3v) is 4.89. The number of fused-ring (bicyclic) bond motifs is 1. The van der Waals surface area contributed by atoms with Gasteiger partial charge in [0.1, 0.15) is 0 Å². The second kappa shape index (κ2) is 5.77. The maximum absolute atomic E-state index is 4.37. The molecular formula is C18H17N7. The van der Waals surface area contributed by atoms with Gasteiger partial charge in [-0.05, 0) is 41.3 Å². The molecule has 0 bridgehead atoms. The van der Waals surface area contributed by atoms with Crippen LogP contribution >= 0.6 is 0 Å². The minimum Gasteiger partial charge on any atom is -0.237 e. The van der Waals surface area contributed by atoms with Crippen molar-refractivity contribution in [2.75, 3.05) is 0 Å². The van der Waals surface area contributed by atoms with Gasteiger partial charge in [-0.25, -0.2) is 14.2 Å². The Kier molecular flexibility index (Phi) is 3.29. The third-order valence-electron chi connectivity index (χ3n) is 4.89. The molecule has 1 fully saturated rings. The highest BCUT2D eigenvalue weighted by Gasteiger charge is 2.21. The molecule has 1 aliphatic rings. The summed E-state index contributed by atoms with van der Waals surface area (Å²) in [5.41, 5.74) is 3.90. The van der Waals surface area contributed by atoms with E-state index in [-0.39, 0.29) is 0 Å². The van der Waals surface area contributed by atoms with E-state index in [2.05, 4.69) is 37.7 Å². The first-order valence-electron chi connectivity index (χ1n) is 8.54. The lowest BCUT2D eigenvalue weighted by atomic mass is 9.85. The molecule has 1 saturated carbocycles. The summed E-state index contributed by atoms with van der Waals surface area (Å²) in [7, 11) is 0. The molecule has 1 aliphatic carbocycles. The first-order chi connectivity index (χ1) is 12.4. The summed E-state index contributed by atoms with van der Waals surface area (Å²) in [6.45, 7) is 0.894. The number of nitrogens with zero attached hydrogens (tertiary/aromatic N) is 7. The van der Waals surface area contributed by atoms with Gasteiger partial charge < -0.3 is 0 Å². The standard InChI is InChI=1S/C18H17N7/c1-3-13(4-1)12-24-18(21-22-23-24)15-6-2-5-14(11-15)16-7-9-19-17-8-10-20-25(16)17/h2,5-11,13H,1,3-4,12H2. The van der Waals surface area contributed by atoms with Gasteiger partial charge in [-0.15, -0.1) is 5.10 Å². The molecule has 1 aromatic carbocycles. The summed E-state index contributed by atoms with van der Waals surface area (Å²) in [6.07, 6.45) is 7.43. The van der Waals surface area contributed by atoms with E-state index in [9.17, 15) is 0 Å². The van der Waals surface area contributed by atoms with E-state index in [4.69, 9.17) is 0 Å². The summed E-state index contributed by atoms with van der Waals surface area (Å²) in [6, 6.07) is 12.1. The van der Waals surface area contributed by atoms with Crippen LogP contribution in [0, 0.1) is 5.92 Å². The maximum atomic E-state index is 4.37. The van der Waals surface area contributed by atoms with Crippen LogP contribution in [-0.4, -0.2) is 34.8 Å². The van der Waals surface area contributed by atoms with Crippen LogP contribution in [-0.2, 0) is 6.54 Å². The molecule has 0 amide bonds. The Hall–Kier alpha value is -3.09. The molecule has 0 radical (unpaired) electrons. The topological polar surface area (TPSA) is 73.8 Å². The molecule has 25 heavy (non-hydrogen) atoms. The summed E-state index contributed by atoms with van der Waals surface area (Å²) in [5.74, 6) is 1.52. The lowest BCUT2D eigenvalue weighted by molar-refractivity contribution is 0.265. The van der Waals surface area contributed by atoms with Gasteiger partial charge in [0.25, 0.3) is 0 Å². The van der Waals surface area contributed by atoms with E-state index < -0.39 is 0 Å². The highest BCUT2D eigenvalue weighted by Crippen LogP contribution is 2.30. The Morgan fingerprint density at radius 1 is 1.04 bits per heavy atom. The van der Waals surface area contributed by atoms with Crippen LogP contribution in [0.2, 0.25) is 0 Å². The van der Waals surface area contributed by atoms with E-state index in [1.807, 2.05) is 33.5 Å². The molecule has 0 spiro atoms. The van der Waals surface area contributed by atoms with E-state index in [1.54, 1.807) is 12.4 Å². The minimum absolute atomic E-state index is 0.703. The monoisotopic (exact) mass is 331 g/mol. The van der Waals surface area contributed by atoms with Gasteiger partial charge in [-0.2, -0.15) is 5.10 Å². The summed E-state index contributed by atoms with van der Waals surface area (Å²) in [5, 5.41) is 16.7. The second-order valence-electron chi connectivity index (χ2n) is 6.49. The van der Waals surface area contributed by atoms with Gasteiger partial charge in [0.2, 0.25) is 0 Å². The van der Waals surface area contributed by atoms with Crippen LogP contribution in [0.1, 0.15) is 19.3 Å². The predicted molar refractivity (Wildman–Crippen MR) is 92.6 cm³/mol. The van der Waals surface area contributed by atoms with Crippen molar-refractivity contribution in [3.05, 3.63) is 48.8 Å². The van der Waals surface area contributed by atoms with Crippen LogP contribution in [0.3, 0.4) is 0 Å². The van der Waals surface area contributed by atoms with Gasteiger partial charge in [0.05, 0.1) is 11.9 Å². The zero-order chi connectivity index (χ0) is 16.6. The molecule has 0 unspecified atom stereocenters. The molecule has 4 aromatic rings. The average Bonchev–Trinajstić information content (AvgIpc) is 3.27. The molecular weight excluding hydrogens is 314 g/mol. The van der Waals surface area contributed by atoms with Crippen molar-refractivity contribution in [3.8, 4) is 22.6 Å².